The van der Waals surface area contributed by atoms with Gasteiger partial charge < -0.3 is 10.6 Å². The van der Waals surface area contributed by atoms with Crippen LogP contribution in [0.1, 0.15) is 47.1 Å². The van der Waals surface area contributed by atoms with Gasteiger partial charge in [-0.2, -0.15) is 18.3 Å². The largest absolute Gasteiger partial charge is 0.433 e. The SMILES string of the molecule is CCn1cc2ncc(N[C@@H](C)c3cc(NC(=O)c4cnc(C(F)(F)F)c(C)c4)ccc3F)nc2n1. The van der Waals surface area contributed by atoms with Crippen LogP contribution >= 0.6 is 0 Å². The van der Waals surface area contributed by atoms with Gasteiger partial charge in [0, 0.05) is 24.0 Å². The fourth-order valence-corrected chi connectivity index (χ4v) is 3.53. The summed E-state index contributed by atoms with van der Waals surface area (Å²) in [5, 5.41) is 9.94. The summed E-state index contributed by atoms with van der Waals surface area (Å²) in [5.74, 6) is -0.791. The van der Waals surface area contributed by atoms with Crippen LogP contribution in [0.4, 0.5) is 29.1 Å². The molecule has 2 N–H and O–H groups in total. The molecule has 12 heteroatoms. The topological polar surface area (TPSA) is 97.6 Å². The number of fused-ring (bicyclic) bond motifs is 1. The number of nitrogens with one attached hydrogen (secondary N) is 2. The van der Waals surface area contributed by atoms with Gasteiger partial charge in [-0.3, -0.25) is 14.5 Å². The highest BCUT2D eigenvalue weighted by Crippen LogP contribution is 2.30. The lowest BCUT2D eigenvalue weighted by Crippen LogP contribution is -2.16. The minimum absolute atomic E-state index is 0.0531. The van der Waals surface area contributed by atoms with Gasteiger partial charge in [-0.15, -0.1) is 0 Å². The molecular weight excluding hydrogens is 466 g/mol. The number of amides is 1. The third-order valence-electron chi connectivity index (χ3n) is 5.29. The van der Waals surface area contributed by atoms with E-state index in [4.69, 9.17) is 0 Å². The number of anilines is 2. The van der Waals surface area contributed by atoms with E-state index in [0.717, 1.165) is 12.3 Å². The van der Waals surface area contributed by atoms with E-state index in [9.17, 15) is 22.4 Å². The predicted molar refractivity (Wildman–Crippen MR) is 121 cm³/mol. The number of alkyl halides is 3. The van der Waals surface area contributed by atoms with Crippen molar-refractivity contribution in [2.75, 3.05) is 10.6 Å². The predicted octanol–water partition coefficient (Wildman–Crippen LogP) is 5.13. The highest BCUT2D eigenvalue weighted by Gasteiger charge is 2.34. The quantitative estimate of drug-likeness (QED) is 0.366. The van der Waals surface area contributed by atoms with Crippen LogP contribution in [0, 0.1) is 12.7 Å². The Morgan fingerprint density at radius 1 is 1.17 bits per heavy atom. The lowest BCUT2D eigenvalue weighted by atomic mass is 10.1. The Bertz CT molecular complexity index is 1400. The fraction of sp³-hybridized carbons (Fsp3) is 0.261. The zero-order valence-electron chi connectivity index (χ0n) is 19.0. The van der Waals surface area contributed by atoms with Crippen molar-refractivity contribution in [1.82, 2.24) is 24.7 Å². The summed E-state index contributed by atoms with van der Waals surface area (Å²) in [6.45, 7) is 5.55. The minimum Gasteiger partial charge on any atom is -0.362 e. The van der Waals surface area contributed by atoms with Crippen molar-refractivity contribution in [2.24, 2.45) is 0 Å². The van der Waals surface area contributed by atoms with Crippen LogP contribution in [-0.2, 0) is 12.7 Å². The molecule has 0 unspecified atom stereocenters. The third kappa shape index (κ3) is 5.20. The number of pyridine rings is 1. The maximum absolute atomic E-state index is 14.6. The van der Waals surface area contributed by atoms with Crippen LogP contribution in [-0.4, -0.2) is 30.6 Å². The molecule has 0 saturated carbocycles. The maximum Gasteiger partial charge on any atom is 0.433 e. The first kappa shape index (κ1) is 24.0. The van der Waals surface area contributed by atoms with E-state index in [0.29, 0.717) is 23.5 Å². The highest BCUT2D eigenvalue weighted by molar-refractivity contribution is 6.04. The van der Waals surface area contributed by atoms with E-state index in [-0.39, 0.29) is 22.4 Å². The van der Waals surface area contributed by atoms with E-state index >= 15 is 0 Å². The Morgan fingerprint density at radius 3 is 2.63 bits per heavy atom. The van der Waals surface area contributed by atoms with Gasteiger partial charge in [-0.05, 0) is 50.6 Å². The fourth-order valence-electron chi connectivity index (χ4n) is 3.53. The molecule has 0 saturated heterocycles. The molecule has 0 aliphatic heterocycles. The van der Waals surface area contributed by atoms with Gasteiger partial charge in [0.05, 0.1) is 24.0 Å². The number of aromatic nitrogens is 5. The molecule has 1 aromatic carbocycles. The molecule has 4 aromatic rings. The molecule has 0 aliphatic rings. The molecule has 8 nitrogen and oxygen atoms in total. The Balaban J connectivity index is 1.51. The number of nitrogens with zero attached hydrogens (tertiary/aromatic N) is 5. The van der Waals surface area contributed by atoms with Crippen LogP contribution in [0.25, 0.3) is 11.2 Å². The lowest BCUT2D eigenvalue weighted by Gasteiger charge is -2.17. The lowest BCUT2D eigenvalue weighted by molar-refractivity contribution is -0.141. The Morgan fingerprint density at radius 2 is 1.94 bits per heavy atom. The van der Waals surface area contributed by atoms with Crippen molar-refractivity contribution in [3.63, 3.8) is 0 Å². The Kier molecular flexibility index (Phi) is 6.37. The van der Waals surface area contributed by atoms with Crippen molar-refractivity contribution < 1.29 is 22.4 Å². The van der Waals surface area contributed by atoms with E-state index in [1.54, 1.807) is 17.8 Å². The van der Waals surface area contributed by atoms with Crippen molar-refractivity contribution in [3.8, 4) is 0 Å². The second-order valence-corrected chi connectivity index (χ2v) is 7.89. The monoisotopic (exact) mass is 487 g/mol. The smallest absolute Gasteiger partial charge is 0.362 e. The highest BCUT2D eigenvalue weighted by atomic mass is 19.4. The third-order valence-corrected chi connectivity index (χ3v) is 5.29. The Labute approximate surface area is 197 Å². The molecule has 3 aromatic heterocycles. The van der Waals surface area contributed by atoms with E-state index in [2.05, 4.69) is 30.7 Å². The number of benzene rings is 1. The van der Waals surface area contributed by atoms with E-state index in [1.807, 2.05) is 6.92 Å². The first-order valence-corrected chi connectivity index (χ1v) is 10.7. The second-order valence-electron chi connectivity index (χ2n) is 7.89. The molecule has 0 fully saturated rings. The van der Waals surface area contributed by atoms with Crippen LogP contribution < -0.4 is 10.6 Å². The average Bonchev–Trinajstić information content (AvgIpc) is 3.22. The summed E-state index contributed by atoms with van der Waals surface area (Å²) < 4.78 is 55.0. The minimum atomic E-state index is -4.61. The van der Waals surface area contributed by atoms with Gasteiger partial charge in [0.15, 0.2) is 0 Å². The number of carbonyl (C=O) groups excluding carboxylic acids is 1. The molecule has 3 heterocycles. The summed E-state index contributed by atoms with van der Waals surface area (Å²) in [5.41, 5.74) is 0.305. The first-order valence-electron chi connectivity index (χ1n) is 10.7. The van der Waals surface area contributed by atoms with Crippen molar-refractivity contribution in [1.29, 1.82) is 0 Å². The first-order chi connectivity index (χ1) is 16.5. The molecule has 1 amide bonds. The molecule has 1 atom stereocenters. The van der Waals surface area contributed by atoms with Gasteiger partial charge in [-0.1, -0.05) is 0 Å². The summed E-state index contributed by atoms with van der Waals surface area (Å²) in [7, 11) is 0. The van der Waals surface area contributed by atoms with E-state index < -0.39 is 29.6 Å². The zero-order valence-corrected chi connectivity index (χ0v) is 19.0. The van der Waals surface area contributed by atoms with Crippen molar-refractivity contribution >= 4 is 28.6 Å². The average molecular weight is 487 g/mol. The number of hydrogen-bond acceptors (Lipinski definition) is 6. The summed E-state index contributed by atoms with van der Waals surface area (Å²) in [6, 6.07) is 4.54. The number of hydrogen-bond donors (Lipinski definition) is 2. The number of carbonyl (C=O) groups is 1. The van der Waals surface area contributed by atoms with Gasteiger partial charge in [0.1, 0.15) is 22.8 Å². The molecule has 0 radical (unpaired) electrons. The molecule has 0 bridgehead atoms. The molecule has 35 heavy (non-hydrogen) atoms. The number of halogens is 4. The number of aryl methyl sites for hydroxylation is 2. The molecular formula is C23H21F4N7O. The molecule has 0 aliphatic carbocycles. The second kappa shape index (κ2) is 9.28. The van der Waals surface area contributed by atoms with Crippen LogP contribution in [0.5, 0.6) is 0 Å². The van der Waals surface area contributed by atoms with Crippen LogP contribution in [0.15, 0.2) is 42.9 Å². The summed E-state index contributed by atoms with van der Waals surface area (Å²) in [6.07, 6.45) is -0.466. The summed E-state index contributed by atoms with van der Waals surface area (Å²) in [4.78, 5) is 24.6. The molecule has 4 rings (SSSR count). The zero-order chi connectivity index (χ0) is 25.3. The van der Waals surface area contributed by atoms with Crippen LogP contribution in [0.2, 0.25) is 0 Å². The Hall–Kier alpha value is -4.09. The van der Waals surface area contributed by atoms with E-state index in [1.165, 1.54) is 31.3 Å². The van der Waals surface area contributed by atoms with Gasteiger partial charge in [-0.25, -0.2) is 14.4 Å². The van der Waals surface area contributed by atoms with Crippen molar-refractivity contribution in [3.05, 3.63) is 71.1 Å². The maximum atomic E-state index is 14.6. The molecule has 182 valence electrons. The summed E-state index contributed by atoms with van der Waals surface area (Å²) >= 11 is 0. The van der Waals surface area contributed by atoms with Crippen molar-refractivity contribution in [2.45, 2.75) is 39.5 Å². The standard InChI is InChI=1S/C23H21F4N7O/c1-4-34-11-18-21(33-34)32-19(10-28-18)30-13(3)16-8-15(5-6-17(16)24)31-22(35)14-7-12(2)20(29-9-14)23(25,26)27/h5-11,13H,4H2,1-3H3,(H,31,35)(H,30,32,33)/t13-/m0/s1. The number of rotatable bonds is 6. The molecule has 0 spiro atoms. The van der Waals surface area contributed by atoms with Gasteiger partial charge in [0.25, 0.3) is 5.91 Å². The van der Waals surface area contributed by atoms with Gasteiger partial charge in [0.2, 0.25) is 5.65 Å². The van der Waals surface area contributed by atoms with Gasteiger partial charge >= 0.3 is 6.18 Å². The van der Waals surface area contributed by atoms with Crippen LogP contribution in [0.3, 0.4) is 0 Å². The normalized spacial score (nSPS) is 12.5.